The molecule has 2 rings (SSSR count). The van der Waals surface area contributed by atoms with E-state index in [0.717, 1.165) is 0 Å². The zero-order valence-corrected chi connectivity index (χ0v) is 11.2. The summed E-state index contributed by atoms with van der Waals surface area (Å²) in [6.07, 6.45) is 1.31. The molecule has 1 aromatic heterocycles. The number of furan rings is 1. The quantitative estimate of drug-likeness (QED) is 0.459. The molecule has 2 heterocycles. The molecule has 6 nitrogen and oxygen atoms in total. The first-order chi connectivity index (χ1) is 8.78. The lowest BCUT2D eigenvalue weighted by Gasteiger charge is -2.29. The van der Waals surface area contributed by atoms with Crippen LogP contribution in [0.3, 0.4) is 0 Å². The maximum Gasteiger partial charge on any atom is 0.348 e. The molecular formula is C13H15NO5. The number of cyclic esters (lactones) is 2. The van der Waals surface area contributed by atoms with Gasteiger partial charge in [0.05, 0.1) is 0 Å². The Balaban J connectivity index is 2.27. The van der Waals surface area contributed by atoms with E-state index in [1.807, 2.05) is 14.1 Å². The third-order valence-electron chi connectivity index (χ3n) is 2.46. The predicted octanol–water partition coefficient (Wildman–Crippen LogP) is 1.57. The summed E-state index contributed by atoms with van der Waals surface area (Å²) in [6, 6.07) is 3.39. The van der Waals surface area contributed by atoms with Crippen molar-refractivity contribution in [2.45, 2.75) is 19.6 Å². The Kier molecular flexibility index (Phi) is 3.09. The van der Waals surface area contributed by atoms with Gasteiger partial charge in [-0.15, -0.1) is 0 Å². The summed E-state index contributed by atoms with van der Waals surface area (Å²) in [5.41, 5.74) is -0.181. The average Bonchev–Trinajstić information content (AvgIpc) is 2.70. The number of ether oxygens (including phenoxy) is 2. The van der Waals surface area contributed by atoms with Gasteiger partial charge in [-0.2, -0.15) is 0 Å². The van der Waals surface area contributed by atoms with Crippen molar-refractivity contribution in [1.29, 1.82) is 0 Å². The Morgan fingerprint density at radius 3 is 2.16 bits per heavy atom. The van der Waals surface area contributed by atoms with Gasteiger partial charge in [0.2, 0.25) is 0 Å². The first-order valence-electron chi connectivity index (χ1n) is 5.74. The fourth-order valence-electron chi connectivity index (χ4n) is 1.58. The minimum absolute atomic E-state index is 0.181. The molecule has 6 heteroatoms. The molecule has 0 bridgehead atoms. The minimum Gasteiger partial charge on any atom is -0.441 e. The van der Waals surface area contributed by atoms with Crippen LogP contribution in [0, 0.1) is 0 Å². The number of anilines is 1. The second-order valence-corrected chi connectivity index (χ2v) is 4.81. The first kappa shape index (κ1) is 13.2. The highest BCUT2D eigenvalue weighted by Gasteiger charge is 2.39. The summed E-state index contributed by atoms with van der Waals surface area (Å²) in [7, 11) is 3.64. The van der Waals surface area contributed by atoms with Gasteiger partial charge in [0.25, 0.3) is 5.79 Å². The van der Waals surface area contributed by atoms with Crippen LogP contribution in [-0.2, 0) is 19.1 Å². The Morgan fingerprint density at radius 2 is 1.68 bits per heavy atom. The van der Waals surface area contributed by atoms with Crippen molar-refractivity contribution in [2.75, 3.05) is 19.0 Å². The lowest BCUT2D eigenvalue weighted by Crippen LogP contribution is -2.41. The van der Waals surface area contributed by atoms with Crippen LogP contribution in [-0.4, -0.2) is 31.8 Å². The van der Waals surface area contributed by atoms with Crippen molar-refractivity contribution in [3.05, 3.63) is 23.5 Å². The summed E-state index contributed by atoms with van der Waals surface area (Å²) in [4.78, 5) is 25.2. The lowest BCUT2D eigenvalue weighted by molar-refractivity contribution is -0.222. The van der Waals surface area contributed by atoms with Crippen LogP contribution >= 0.6 is 0 Å². The van der Waals surface area contributed by atoms with Crippen LogP contribution in [0.2, 0.25) is 0 Å². The summed E-state index contributed by atoms with van der Waals surface area (Å²) >= 11 is 0. The van der Waals surface area contributed by atoms with Gasteiger partial charge in [-0.05, 0) is 6.07 Å². The van der Waals surface area contributed by atoms with Crippen molar-refractivity contribution in [3.8, 4) is 0 Å². The van der Waals surface area contributed by atoms with Gasteiger partial charge < -0.3 is 18.8 Å². The second kappa shape index (κ2) is 4.46. The number of carbonyl (C=O) groups is 2. The van der Waals surface area contributed by atoms with Gasteiger partial charge in [-0.1, -0.05) is 0 Å². The average molecular weight is 265 g/mol. The van der Waals surface area contributed by atoms with Gasteiger partial charge in [0.1, 0.15) is 11.3 Å². The number of esters is 2. The zero-order valence-electron chi connectivity index (χ0n) is 11.2. The van der Waals surface area contributed by atoms with E-state index < -0.39 is 17.7 Å². The van der Waals surface area contributed by atoms with Crippen LogP contribution in [0.25, 0.3) is 6.08 Å². The highest BCUT2D eigenvalue weighted by Crippen LogP contribution is 2.25. The third-order valence-corrected chi connectivity index (χ3v) is 2.46. The molecule has 1 fully saturated rings. The van der Waals surface area contributed by atoms with Gasteiger partial charge in [-0.3, -0.25) is 0 Å². The van der Waals surface area contributed by atoms with Gasteiger partial charge in [-0.25, -0.2) is 9.59 Å². The molecule has 0 unspecified atom stereocenters. The Hall–Kier alpha value is -2.24. The fourth-order valence-corrected chi connectivity index (χ4v) is 1.58. The molecule has 0 N–H and O–H groups in total. The molecule has 0 aliphatic carbocycles. The zero-order chi connectivity index (χ0) is 14.2. The van der Waals surface area contributed by atoms with Crippen molar-refractivity contribution in [1.82, 2.24) is 0 Å². The van der Waals surface area contributed by atoms with Crippen LogP contribution in [0.4, 0.5) is 5.88 Å². The number of hydrogen-bond donors (Lipinski definition) is 0. The van der Waals surface area contributed by atoms with Crippen LogP contribution in [0.15, 0.2) is 22.1 Å². The predicted molar refractivity (Wildman–Crippen MR) is 67.3 cm³/mol. The molecule has 1 aliphatic rings. The van der Waals surface area contributed by atoms with E-state index in [1.54, 1.807) is 17.0 Å². The van der Waals surface area contributed by atoms with E-state index in [9.17, 15) is 9.59 Å². The Bertz CT molecular complexity index is 531. The van der Waals surface area contributed by atoms with Crippen molar-refractivity contribution in [3.63, 3.8) is 0 Å². The Morgan fingerprint density at radius 1 is 1.11 bits per heavy atom. The van der Waals surface area contributed by atoms with Crippen molar-refractivity contribution < 1.29 is 23.5 Å². The fraction of sp³-hybridized carbons (Fsp3) is 0.385. The third kappa shape index (κ3) is 2.78. The SMILES string of the molecule is CN(C)c1ccc(C=C2C(=O)OC(C)(C)OC2=O)o1. The first-order valence-corrected chi connectivity index (χ1v) is 5.74. The van der Waals surface area contributed by atoms with Crippen LogP contribution in [0.1, 0.15) is 19.6 Å². The molecule has 102 valence electrons. The van der Waals surface area contributed by atoms with E-state index in [-0.39, 0.29) is 5.57 Å². The van der Waals surface area contributed by atoms with E-state index in [1.165, 1.54) is 19.9 Å². The van der Waals surface area contributed by atoms with E-state index in [2.05, 4.69) is 0 Å². The van der Waals surface area contributed by atoms with E-state index in [0.29, 0.717) is 11.6 Å². The monoisotopic (exact) mass is 265 g/mol. The topological polar surface area (TPSA) is 69.0 Å². The number of rotatable bonds is 2. The highest BCUT2D eigenvalue weighted by atomic mass is 16.7. The normalized spacial score (nSPS) is 17.8. The molecule has 0 aromatic carbocycles. The van der Waals surface area contributed by atoms with Crippen LogP contribution in [0.5, 0.6) is 0 Å². The summed E-state index contributed by atoms with van der Waals surface area (Å²) in [5.74, 6) is -1.67. The summed E-state index contributed by atoms with van der Waals surface area (Å²) in [5, 5.41) is 0. The molecule has 0 saturated carbocycles. The molecule has 1 aromatic rings. The highest BCUT2D eigenvalue weighted by molar-refractivity contribution is 6.18. The summed E-state index contributed by atoms with van der Waals surface area (Å²) in [6.45, 7) is 2.99. The van der Waals surface area contributed by atoms with Gasteiger partial charge in [0, 0.05) is 40.1 Å². The molecule has 0 amide bonds. The van der Waals surface area contributed by atoms with Gasteiger partial charge in [0.15, 0.2) is 5.88 Å². The molecule has 1 saturated heterocycles. The maximum atomic E-state index is 11.7. The second-order valence-electron chi connectivity index (χ2n) is 4.81. The van der Waals surface area contributed by atoms with Crippen molar-refractivity contribution in [2.24, 2.45) is 0 Å². The van der Waals surface area contributed by atoms with Gasteiger partial charge >= 0.3 is 11.9 Å². The standard InChI is InChI=1S/C13H15NO5/c1-13(2)18-11(15)9(12(16)19-13)7-8-5-6-10(17-8)14(3)4/h5-7H,1-4H3. The Labute approximate surface area is 110 Å². The molecular weight excluding hydrogens is 250 g/mol. The van der Waals surface area contributed by atoms with Crippen molar-refractivity contribution >= 4 is 23.9 Å². The summed E-state index contributed by atoms with van der Waals surface area (Å²) < 4.78 is 15.4. The minimum atomic E-state index is -1.23. The van der Waals surface area contributed by atoms with E-state index >= 15 is 0 Å². The molecule has 19 heavy (non-hydrogen) atoms. The van der Waals surface area contributed by atoms with Crippen LogP contribution < -0.4 is 4.90 Å². The number of carbonyl (C=O) groups excluding carboxylic acids is 2. The number of hydrogen-bond acceptors (Lipinski definition) is 6. The molecule has 0 atom stereocenters. The maximum absolute atomic E-state index is 11.7. The number of nitrogens with zero attached hydrogens (tertiary/aromatic N) is 1. The smallest absolute Gasteiger partial charge is 0.348 e. The van der Waals surface area contributed by atoms with E-state index in [4.69, 9.17) is 13.9 Å². The molecule has 0 radical (unpaired) electrons. The molecule has 0 spiro atoms. The largest absolute Gasteiger partial charge is 0.441 e. The lowest BCUT2D eigenvalue weighted by atomic mass is 10.2. The molecule has 1 aliphatic heterocycles.